The molecule has 10 aromatic heterocycles. The number of aliphatic imine (C=N–C) groups is 1. The number of aromatic amines is 1. The Morgan fingerprint density at radius 2 is 0.701 bits per heavy atom. The molecule has 4 N–H and O–H groups in total. The van der Waals surface area contributed by atoms with Crippen LogP contribution in [-0.4, -0.2) is 69.5 Å². The summed E-state index contributed by atoms with van der Waals surface area (Å²) >= 11 is 2.37. The van der Waals surface area contributed by atoms with Gasteiger partial charge in [-0.2, -0.15) is 72.6 Å². The van der Waals surface area contributed by atoms with Crippen molar-refractivity contribution in [1.82, 2.24) is 55.8 Å². The van der Waals surface area contributed by atoms with Gasteiger partial charge in [-0.3, -0.25) is 4.99 Å². The first-order valence-corrected chi connectivity index (χ1v) is 38.3. The molecule has 1 aliphatic rings. The number of amidine groups is 1. The number of nitrogens with zero attached hydrogens (tertiary/aromatic N) is 10. The van der Waals surface area contributed by atoms with Gasteiger partial charge in [0, 0.05) is 79.9 Å². The lowest BCUT2D eigenvalue weighted by Crippen LogP contribution is -2.19. The lowest BCUT2D eigenvalue weighted by molar-refractivity contribution is -0.134. The minimum absolute atomic E-state index is 0.0121. The first-order valence-electron chi connectivity index (χ1n) is 35.0. The van der Waals surface area contributed by atoms with Crippen LogP contribution in [0.4, 0.5) is 58.5 Å². The van der Waals surface area contributed by atoms with Crippen molar-refractivity contribution < 1.29 is 70.8 Å². The number of fused-ring (bicyclic) bond motifs is 2. The molecule has 0 fully saturated rings. The summed E-state index contributed by atoms with van der Waals surface area (Å²) in [5, 5.41) is 21.9. The van der Waals surface area contributed by atoms with Crippen molar-refractivity contribution in [2.24, 2.45) is 4.99 Å². The third-order valence-electron chi connectivity index (χ3n) is 17.8. The molecule has 0 amide bonds. The normalized spacial score (nSPS) is 12.4. The fourth-order valence-corrected chi connectivity index (χ4v) is 16.4. The van der Waals surface area contributed by atoms with Gasteiger partial charge in [0.05, 0.1) is 26.1 Å². The van der Waals surface area contributed by atoms with Crippen LogP contribution in [0.1, 0.15) is 25.1 Å². The summed E-state index contributed by atoms with van der Waals surface area (Å²) in [6.07, 6.45) is -14.6. The summed E-state index contributed by atoms with van der Waals surface area (Å²) in [7, 11) is 0. The van der Waals surface area contributed by atoms with Crippen LogP contribution in [0.15, 0.2) is 284 Å². The van der Waals surface area contributed by atoms with Crippen molar-refractivity contribution in [3.8, 4) is 133 Å². The average Bonchev–Trinajstić information content (AvgIpc) is 1.66. The van der Waals surface area contributed by atoms with E-state index in [4.69, 9.17) is 23.8 Å². The van der Waals surface area contributed by atoms with Crippen LogP contribution in [-0.2, 0) is 24.7 Å². The van der Waals surface area contributed by atoms with E-state index in [2.05, 4.69) is 60.8 Å². The van der Waals surface area contributed by atoms with Gasteiger partial charge < -0.3 is 34.1 Å². The number of benzene rings is 8. The Kier molecular flexibility index (Phi) is 21.5. The molecule has 584 valence electrons. The second-order valence-electron chi connectivity index (χ2n) is 25.5. The number of nitrogen functional groups attached to an aromatic ring is 1. The van der Waals surface area contributed by atoms with Gasteiger partial charge in [0.25, 0.3) is 23.6 Å². The Balaban J connectivity index is 0.000000117. The Hall–Kier alpha value is -13.5. The molecule has 0 unspecified atom stereocenters. The summed E-state index contributed by atoms with van der Waals surface area (Å²) in [4.78, 5) is 26.9. The van der Waals surface area contributed by atoms with Gasteiger partial charge >= 0.3 is 24.7 Å². The van der Waals surface area contributed by atoms with Crippen molar-refractivity contribution >= 4 is 78.7 Å². The monoisotopic (exact) mass is 1660 g/mol. The van der Waals surface area contributed by atoms with Crippen LogP contribution in [0.2, 0.25) is 0 Å². The number of hydrogen-bond donors (Lipinski definition) is 3. The number of thiophene rings is 4. The van der Waals surface area contributed by atoms with Crippen LogP contribution >= 0.6 is 45.3 Å². The van der Waals surface area contributed by atoms with Gasteiger partial charge in [0.1, 0.15) is 31.2 Å². The Bertz CT molecular complexity index is 6540. The van der Waals surface area contributed by atoms with Crippen LogP contribution in [0, 0.1) is 0 Å². The molecule has 33 heteroatoms. The van der Waals surface area contributed by atoms with Gasteiger partial charge in [-0.25, -0.2) is 4.98 Å². The number of H-pyrrole nitrogens is 1. The van der Waals surface area contributed by atoms with E-state index >= 15 is 0 Å². The zero-order valence-corrected chi connectivity index (χ0v) is 62.9. The maximum atomic E-state index is 13.7. The van der Waals surface area contributed by atoms with Crippen LogP contribution < -0.4 is 11.1 Å². The lowest BCUT2D eigenvalue weighted by Gasteiger charge is -2.07. The highest BCUT2D eigenvalue weighted by Gasteiger charge is 2.41. The predicted octanol–water partition coefficient (Wildman–Crippen LogP) is 24.6. The highest BCUT2D eigenvalue weighted by atomic mass is 32.1. The summed E-state index contributed by atoms with van der Waals surface area (Å²) in [6.45, 7) is 1.56. The van der Waals surface area contributed by atoms with E-state index in [1.807, 2.05) is 91.0 Å². The summed E-state index contributed by atoms with van der Waals surface area (Å²) in [5.74, 6) is 2.51. The number of hydrogen-bond acceptors (Lipinski definition) is 20. The summed E-state index contributed by atoms with van der Waals surface area (Å²) in [6, 6.07) is 71.2. The van der Waals surface area contributed by atoms with E-state index in [0.717, 1.165) is 57.3 Å². The molecule has 18 aromatic rings. The number of alkyl halides is 12. The smallest absolute Gasteiger partial charge is 0.384 e. The number of aromatic nitrogens is 10. The van der Waals surface area contributed by atoms with Gasteiger partial charge in [0.15, 0.2) is 0 Å². The molecule has 117 heavy (non-hydrogen) atoms. The van der Waals surface area contributed by atoms with E-state index < -0.39 is 44.2 Å². The highest BCUT2D eigenvalue weighted by molar-refractivity contribution is 7.17. The van der Waals surface area contributed by atoms with Gasteiger partial charge in [0.2, 0.25) is 23.3 Å². The highest BCUT2D eigenvalue weighted by Crippen LogP contribution is 2.51. The third-order valence-corrected chi connectivity index (χ3v) is 22.5. The molecular weight excluding hydrogens is 1610 g/mol. The molecule has 0 aliphatic carbocycles. The Labute approximate surface area is 669 Å². The Morgan fingerprint density at radius 3 is 1.11 bits per heavy atom. The largest absolute Gasteiger partial charge is 0.426 e. The SMILES string of the molecule is FC(F)(F)c1sc(-c2nc(-c3ccc(C4=NCCN4)cc3)no2)cc1-c1ccccc1.FC(F)(F)c1sc(-c2nc(-c3cccc4[nH]ccc34)no2)cc1-c1ccccc1.FC(F)(F)c1sc(-c2nc(-c3cccc4ccccc34)no2)cc1-c1ccccc1.Nc1cc(-c2noc(-c3cc(-c4ccccc4)c(C(F)(F)F)s3)n2)ccn1. The molecule has 8 aromatic carbocycles. The molecule has 17 nitrogen and oxygen atoms in total. The minimum Gasteiger partial charge on any atom is -0.384 e. The number of nitrogens with one attached hydrogen (secondary N) is 2. The van der Waals surface area contributed by atoms with E-state index in [9.17, 15) is 52.7 Å². The number of pyridine rings is 1. The molecule has 0 radical (unpaired) electrons. The molecule has 0 saturated carbocycles. The molecule has 11 heterocycles. The number of anilines is 1. The zero-order valence-electron chi connectivity index (χ0n) is 59.6. The van der Waals surface area contributed by atoms with Crippen LogP contribution in [0.3, 0.4) is 0 Å². The molecule has 0 saturated heterocycles. The summed E-state index contributed by atoms with van der Waals surface area (Å²) < 4.78 is 184. The standard InChI is InChI=1S/C23H13F3N2OS.C22H15F3N4OS.C21H12F3N3OS.C18H11F3N4OS/c24-23(25,26)20-18(15-7-2-1-3-8-15)13-19(30-20)22-27-21(28-29-22)17-12-6-10-14-9-4-5-11-16(14)17;23-22(24,25)18-16(13-4-2-1-3-5-13)12-17(31-18)21-28-20(29-30-21)15-8-6-14(7-9-15)19-26-10-11-27-19;22-21(23,24)18-15(12-5-2-1-3-6-12)11-17(29-18)20-26-19(27-28-20)14-7-4-8-16-13(14)9-10-25-16;19-18(20,21)15-12(10-4-2-1-3-5-10)9-13(27-15)17-24-16(25-26-17)11-6-7-23-14(22)8-11/h1-13H;1-9,12H,10-11H2,(H,26,27);1-11,25H;1-9H,(H2,22,23). The van der Waals surface area contributed by atoms with Gasteiger partial charge in [-0.1, -0.05) is 221 Å². The zero-order chi connectivity index (χ0) is 81.2. The molecule has 0 bridgehead atoms. The van der Waals surface area contributed by atoms with E-state index in [1.54, 1.807) is 140 Å². The number of halogens is 12. The van der Waals surface area contributed by atoms with Crippen molar-refractivity contribution in [3.63, 3.8) is 0 Å². The minimum atomic E-state index is -4.49. The molecule has 0 atom stereocenters. The van der Waals surface area contributed by atoms with Crippen molar-refractivity contribution in [2.75, 3.05) is 18.8 Å². The second-order valence-corrected chi connectivity index (χ2v) is 29.7. The molecule has 0 spiro atoms. The maximum absolute atomic E-state index is 13.7. The first kappa shape index (κ1) is 77.4. The second kappa shape index (κ2) is 32.4. The maximum Gasteiger partial charge on any atom is 0.426 e. The fourth-order valence-electron chi connectivity index (χ4n) is 12.6. The average molecular weight is 1660 g/mol. The molecular formula is C84H51F12N13O4S4. The molecule has 19 rings (SSSR count). The fraction of sp³-hybridized carbons (Fsp3) is 0.0714. The van der Waals surface area contributed by atoms with Gasteiger partial charge in [-0.05, 0) is 81.6 Å². The van der Waals surface area contributed by atoms with Gasteiger partial charge in [-0.15, -0.1) is 45.3 Å². The number of rotatable bonds is 13. The molecule has 1 aliphatic heterocycles. The summed E-state index contributed by atoms with van der Waals surface area (Å²) in [5.41, 5.74) is 12.6. The van der Waals surface area contributed by atoms with Crippen LogP contribution in [0.5, 0.6) is 0 Å². The van der Waals surface area contributed by atoms with E-state index in [1.165, 1.54) is 30.5 Å². The predicted molar refractivity (Wildman–Crippen MR) is 425 cm³/mol. The van der Waals surface area contributed by atoms with Crippen molar-refractivity contribution in [2.45, 2.75) is 24.7 Å². The topological polar surface area (TPSA) is 235 Å². The van der Waals surface area contributed by atoms with Crippen molar-refractivity contribution in [1.29, 1.82) is 0 Å². The Morgan fingerprint density at radius 1 is 0.333 bits per heavy atom. The van der Waals surface area contributed by atoms with Crippen LogP contribution in [0.25, 0.3) is 155 Å². The van der Waals surface area contributed by atoms with E-state index in [-0.39, 0.29) is 77.0 Å². The quantitative estimate of drug-likeness (QED) is 0.0911. The third kappa shape index (κ3) is 17.0. The van der Waals surface area contributed by atoms with Crippen molar-refractivity contribution in [3.05, 3.63) is 286 Å². The first-order chi connectivity index (χ1) is 56.4. The number of nitrogens with two attached hydrogens (primary N) is 1. The van der Waals surface area contributed by atoms with E-state index in [0.29, 0.717) is 96.2 Å². The lowest BCUT2D eigenvalue weighted by atomic mass is 10.0.